The summed E-state index contributed by atoms with van der Waals surface area (Å²) in [6.45, 7) is 0.406. The van der Waals surface area contributed by atoms with Gasteiger partial charge >= 0.3 is 5.69 Å². The Morgan fingerprint density at radius 1 is 1.30 bits per heavy atom. The van der Waals surface area contributed by atoms with Crippen LogP contribution in [-0.2, 0) is 0 Å². The third-order valence-corrected chi connectivity index (χ3v) is 4.74. The van der Waals surface area contributed by atoms with E-state index >= 15 is 0 Å². The summed E-state index contributed by atoms with van der Waals surface area (Å²) in [5.74, 6) is 0.0341. The molecule has 1 aromatic carbocycles. The second kappa shape index (κ2) is 7.65. The first kappa shape index (κ1) is 19.3. The van der Waals surface area contributed by atoms with Gasteiger partial charge in [0.15, 0.2) is 0 Å². The van der Waals surface area contributed by atoms with Gasteiger partial charge in [0.05, 0.1) is 26.9 Å². The minimum atomic E-state index is -0.601. The van der Waals surface area contributed by atoms with E-state index in [0.717, 1.165) is 10.2 Å². The minimum Gasteiger partial charge on any atom is -0.476 e. The molecule has 0 unspecified atom stereocenters. The Hall–Kier alpha value is -2.46. The molecule has 8 nitrogen and oxygen atoms in total. The number of hydrogen-bond acceptors (Lipinski definition) is 7. The van der Waals surface area contributed by atoms with Crippen molar-refractivity contribution in [1.29, 1.82) is 0 Å². The number of ether oxygens (including phenoxy) is 1. The third kappa shape index (κ3) is 3.42. The number of benzene rings is 1. The lowest BCUT2D eigenvalue weighted by Gasteiger charge is -2.12. The van der Waals surface area contributed by atoms with Crippen LogP contribution < -0.4 is 21.7 Å². The van der Waals surface area contributed by atoms with Crippen molar-refractivity contribution in [3.05, 3.63) is 55.8 Å². The molecule has 4 aromatic rings. The van der Waals surface area contributed by atoms with E-state index in [1.54, 1.807) is 17.6 Å². The van der Waals surface area contributed by atoms with Gasteiger partial charge in [-0.05, 0) is 18.2 Å². The van der Waals surface area contributed by atoms with Gasteiger partial charge < -0.3 is 10.5 Å². The van der Waals surface area contributed by atoms with Gasteiger partial charge in [-0.15, -0.1) is 23.7 Å². The minimum absolute atomic E-state index is 0. The first-order valence-corrected chi connectivity index (χ1v) is 8.86. The van der Waals surface area contributed by atoms with E-state index in [1.165, 1.54) is 22.0 Å². The number of aromatic amines is 1. The molecular weight excluding hydrogens is 413 g/mol. The number of hydrogen-bond donors (Lipinski definition) is 2. The molecule has 0 aliphatic rings. The molecule has 0 aliphatic carbocycles. The smallest absolute Gasteiger partial charge is 0.333 e. The van der Waals surface area contributed by atoms with E-state index in [9.17, 15) is 9.59 Å². The molecular formula is C16H13Cl2N5O3S. The molecule has 0 aliphatic heterocycles. The molecule has 3 heterocycles. The van der Waals surface area contributed by atoms with Crippen molar-refractivity contribution in [2.75, 3.05) is 13.2 Å². The van der Waals surface area contributed by atoms with Gasteiger partial charge in [-0.3, -0.25) is 14.3 Å². The van der Waals surface area contributed by atoms with Crippen LogP contribution in [0.25, 0.3) is 26.8 Å². The van der Waals surface area contributed by atoms with Crippen LogP contribution in [0.15, 0.2) is 39.4 Å². The zero-order valence-corrected chi connectivity index (χ0v) is 16.0. The second-order valence-corrected chi connectivity index (χ2v) is 6.65. The Balaban J connectivity index is 0.00000210. The molecule has 0 atom stereocenters. The molecule has 0 saturated carbocycles. The fraction of sp³-hybridized carbons (Fsp3) is 0.125. The first-order chi connectivity index (χ1) is 12.6. The molecule has 0 fully saturated rings. The largest absolute Gasteiger partial charge is 0.476 e. The average molecular weight is 426 g/mol. The monoisotopic (exact) mass is 425 g/mol. The number of aromatic nitrogens is 4. The summed E-state index contributed by atoms with van der Waals surface area (Å²) >= 11 is 7.54. The standard InChI is InChI=1S/C16H12ClN5O3S.ClH/c17-12-6-10-13(15(20-12)25-4-3-18)14(23)21-16(24)22(10)8-1-2-9-11(5-8)26-7-19-9;/h1-2,5-7H,3-4,18H2,(H,21,23,24);1H. The molecule has 0 saturated heterocycles. The van der Waals surface area contributed by atoms with Crippen molar-refractivity contribution >= 4 is 56.5 Å². The fourth-order valence-corrected chi connectivity index (χ4v) is 3.58. The maximum Gasteiger partial charge on any atom is 0.333 e. The number of thiazole rings is 1. The number of rotatable bonds is 4. The molecule has 140 valence electrons. The van der Waals surface area contributed by atoms with Gasteiger partial charge in [-0.25, -0.2) is 14.8 Å². The molecule has 0 amide bonds. The predicted molar refractivity (Wildman–Crippen MR) is 108 cm³/mol. The summed E-state index contributed by atoms with van der Waals surface area (Å²) in [4.78, 5) is 35.5. The van der Waals surface area contributed by atoms with E-state index < -0.39 is 11.2 Å². The second-order valence-electron chi connectivity index (χ2n) is 5.38. The van der Waals surface area contributed by atoms with Gasteiger partial charge in [0.1, 0.15) is 17.1 Å². The number of pyridine rings is 1. The normalized spacial score (nSPS) is 10.9. The highest BCUT2D eigenvalue weighted by Crippen LogP contribution is 2.26. The van der Waals surface area contributed by atoms with E-state index in [0.29, 0.717) is 11.2 Å². The van der Waals surface area contributed by atoms with E-state index in [4.69, 9.17) is 22.1 Å². The lowest BCUT2D eigenvalue weighted by molar-refractivity contribution is 0.319. The third-order valence-electron chi connectivity index (χ3n) is 3.76. The highest BCUT2D eigenvalue weighted by molar-refractivity contribution is 7.16. The molecule has 3 aromatic heterocycles. The van der Waals surface area contributed by atoms with Gasteiger partial charge in [-0.2, -0.15) is 0 Å². The summed E-state index contributed by atoms with van der Waals surface area (Å²) in [7, 11) is 0. The Labute approximate surface area is 167 Å². The van der Waals surface area contributed by atoms with Gasteiger partial charge in [0.25, 0.3) is 5.56 Å². The first-order valence-electron chi connectivity index (χ1n) is 7.60. The van der Waals surface area contributed by atoms with E-state index in [2.05, 4.69) is 15.0 Å². The Bertz CT molecular complexity index is 1250. The summed E-state index contributed by atoms with van der Waals surface area (Å²) in [6, 6.07) is 6.83. The lowest BCUT2D eigenvalue weighted by Crippen LogP contribution is -2.30. The van der Waals surface area contributed by atoms with Crippen LogP contribution in [0, 0.1) is 0 Å². The lowest BCUT2D eigenvalue weighted by atomic mass is 10.2. The zero-order valence-electron chi connectivity index (χ0n) is 13.6. The summed E-state index contributed by atoms with van der Waals surface area (Å²) < 4.78 is 7.73. The molecule has 27 heavy (non-hydrogen) atoms. The Kier molecular flexibility index (Phi) is 5.47. The van der Waals surface area contributed by atoms with Crippen LogP contribution in [0.4, 0.5) is 0 Å². The number of H-pyrrole nitrogens is 1. The summed E-state index contributed by atoms with van der Waals surface area (Å²) in [5, 5.41) is 0.231. The SMILES string of the molecule is Cl.NCCOc1nc(Cl)cc2c1c(=O)[nH]c(=O)n2-c1ccc2ncsc2c1. The predicted octanol–water partition coefficient (Wildman–Crippen LogP) is 2.10. The van der Waals surface area contributed by atoms with Crippen molar-refractivity contribution in [1.82, 2.24) is 19.5 Å². The summed E-state index contributed by atoms with van der Waals surface area (Å²) in [6.07, 6.45) is 0. The number of nitrogens with zero attached hydrogens (tertiary/aromatic N) is 3. The molecule has 3 N–H and O–H groups in total. The van der Waals surface area contributed by atoms with Crippen LogP contribution >= 0.6 is 35.3 Å². The molecule has 0 spiro atoms. The Morgan fingerprint density at radius 2 is 2.11 bits per heavy atom. The van der Waals surface area contributed by atoms with Crippen molar-refractivity contribution < 1.29 is 4.74 Å². The number of nitrogens with one attached hydrogen (secondary N) is 1. The molecule has 0 radical (unpaired) electrons. The van der Waals surface area contributed by atoms with E-state index in [-0.39, 0.29) is 42.0 Å². The fourth-order valence-electron chi connectivity index (χ4n) is 2.69. The van der Waals surface area contributed by atoms with Gasteiger partial charge in [-0.1, -0.05) is 11.6 Å². The number of fused-ring (bicyclic) bond motifs is 2. The molecule has 11 heteroatoms. The maximum absolute atomic E-state index is 12.5. The quantitative estimate of drug-likeness (QED) is 0.483. The molecule has 4 rings (SSSR count). The Morgan fingerprint density at radius 3 is 2.89 bits per heavy atom. The van der Waals surface area contributed by atoms with E-state index in [1.807, 2.05) is 6.07 Å². The summed E-state index contributed by atoms with van der Waals surface area (Å²) in [5.41, 5.74) is 7.69. The highest BCUT2D eigenvalue weighted by Gasteiger charge is 2.17. The number of halogens is 2. The van der Waals surface area contributed by atoms with Crippen LogP contribution in [0.5, 0.6) is 5.88 Å². The topological polar surface area (TPSA) is 116 Å². The van der Waals surface area contributed by atoms with Crippen molar-refractivity contribution in [3.8, 4) is 11.6 Å². The molecule has 0 bridgehead atoms. The van der Waals surface area contributed by atoms with Crippen LogP contribution in [0.1, 0.15) is 0 Å². The average Bonchev–Trinajstić information content (AvgIpc) is 3.07. The van der Waals surface area contributed by atoms with Gasteiger partial charge in [0.2, 0.25) is 5.88 Å². The number of nitrogens with two attached hydrogens (primary N) is 1. The van der Waals surface area contributed by atoms with Crippen molar-refractivity contribution in [2.24, 2.45) is 5.73 Å². The maximum atomic E-state index is 12.5. The highest BCUT2D eigenvalue weighted by atomic mass is 35.5. The van der Waals surface area contributed by atoms with Crippen molar-refractivity contribution in [2.45, 2.75) is 0 Å². The van der Waals surface area contributed by atoms with Crippen molar-refractivity contribution in [3.63, 3.8) is 0 Å². The van der Waals surface area contributed by atoms with Crippen LogP contribution in [-0.4, -0.2) is 32.7 Å². The van der Waals surface area contributed by atoms with Crippen LogP contribution in [0.3, 0.4) is 0 Å². The zero-order chi connectivity index (χ0) is 18.3. The van der Waals surface area contributed by atoms with Gasteiger partial charge in [0, 0.05) is 12.6 Å². The van der Waals surface area contributed by atoms with Crippen LogP contribution in [0.2, 0.25) is 5.15 Å².